The van der Waals surface area contributed by atoms with E-state index in [-0.39, 0.29) is 12.5 Å². The maximum Gasteiger partial charge on any atom is 0.220 e. The molecule has 9 nitrogen and oxygen atoms in total. The molecule has 0 aromatic carbocycles. The number of nitrogens with one attached hydrogen (secondary N) is 1. The monoisotopic (exact) mass is 952 g/mol. The van der Waals surface area contributed by atoms with Gasteiger partial charge in [0, 0.05) is 6.42 Å². The minimum absolute atomic E-state index is 0.136. The van der Waals surface area contributed by atoms with Gasteiger partial charge in [0.1, 0.15) is 24.4 Å². The van der Waals surface area contributed by atoms with E-state index in [2.05, 4.69) is 31.3 Å². The zero-order chi connectivity index (χ0) is 48.7. The van der Waals surface area contributed by atoms with Gasteiger partial charge in [0.15, 0.2) is 6.29 Å². The SMILES string of the molecule is CCCCCCCCC/C=C\CCCCCCCCCC(=O)NC(COC1OC(CO)C(O)C(O)C1O)C(O)CCCCCCCCCCCCCCCCCCCCCCCCCCCC. The van der Waals surface area contributed by atoms with E-state index in [4.69, 9.17) is 9.47 Å². The van der Waals surface area contributed by atoms with Gasteiger partial charge in [0.2, 0.25) is 5.91 Å². The zero-order valence-electron chi connectivity index (χ0n) is 44.2. The normalized spacial score (nSPS) is 19.7. The second-order valence-electron chi connectivity index (χ2n) is 20.8. The summed E-state index contributed by atoms with van der Waals surface area (Å²) in [5.41, 5.74) is 0. The van der Waals surface area contributed by atoms with Gasteiger partial charge in [0.25, 0.3) is 0 Å². The number of amides is 1. The highest BCUT2D eigenvalue weighted by Gasteiger charge is 2.44. The number of rotatable bonds is 51. The summed E-state index contributed by atoms with van der Waals surface area (Å²) in [4.78, 5) is 13.1. The van der Waals surface area contributed by atoms with Crippen LogP contribution in [0.2, 0.25) is 0 Å². The van der Waals surface area contributed by atoms with Crippen molar-refractivity contribution in [3.8, 4) is 0 Å². The molecule has 0 bridgehead atoms. The Balaban J connectivity index is 2.18. The molecule has 0 radical (unpaired) electrons. The molecule has 7 unspecified atom stereocenters. The fourth-order valence-corrected chi connectivity index (χ4v) is 9.69. The van der Waals surface area contributed by atoms with Crippen molar-refractivity contribution in [3.63, 3.8) is 0 Å². The first kappa shape index (κ1) is 63.9. The van der Waals surface area contributed by atoms with E-state index in [1.165, 1.54) is 231 Å². The van der Waals surface area contributed by atoms with Crippen molar-refractivity contribution < 1.29 is 39.8 Å². The number of allylic oxidation sites excluding steroid dienone is 2. The van der Waals surface area contributed by atoms with Gasteiger partial charge < -0.3 is 40.3 Å². The van der Waals surface area contributed by atoms with Crippen LogP contribution in [0.4, 0.5) is 0 Å². The molecule has 7 atom stereocenters. The largest absolute Gasteiger partial charge is 0.394 e. The second-order valence-corrected chi connectivity index (χ2v) is 20.8. The summed E-state index contributed by atoms with van der Waals surface area (Å²) in [5.74, 6) is -0.144. The van der Waals surface area contributed by atoms with Crippen molar-refractivity contribution in [3.05, 3.63) is 12.2 Å². The lowest BCUT2D eigenvalue weighted by Crippen LogP contribution is -2.60. The minimum atomic E-state index is -1.55. The molecule has 1 amide bonds. The predicted octanol–water partition coefficient (Wildman–Crippen LogP) is 14.4. The fraction of sp³-hybridized carbons (Fsp3) is 0.948. The van der Waals surface area contributed by atoms with E-state index in [0.717, 1.165) is 38.5 Å². The number of carbonyl (C=O) groups is 1. The Hall–Kier alpha value is -1.07. The molecular formula is C58H113NO8. The Morgan fingerprint density at radius 3 is 1.21 bits per heavy atom. The maximum atomic E-state index is 13.1. The van der Waals surface area contributed by atoms with Crippen LogP contribution in [0.3, 0.4) is 0 Å². The van der Waals surface area contributed by atoms with Crippen LogP contribution in [0, 0.1) is 0 Å². The number of hydrogen-bond acceptors (Lipinski definition) is 8. The molecule has 9 heteroatoms. The number of aliphatic hydroxyl groups is 5. The van der Waals surface area contributed by atoms with Crippen molar-refractivity contribution in [1.29, 1.82) is 0 Å². The standard InChI is InChI=1S/C58H113NO8/c1-3-5-7-9-11-13-15-17-19-21-23-24-25-26-27-28-29-30-31-33-35-37-39-41-43-45-47-52(61)51(50-66-58-57(65)56(64)55(63)53(49-60)67-58)59-54(62)48-46-44-42-40-38-36-34-32-22-20-18-16-14-12-10-8-6-4-2/h20,22,51-53,55-58,60-61,63-65H,3-19,21,23-50H2,1-2H3,(H,59,62)/b22-20-. The number of hydrogen-bond donors (Lipinski definition) is 6. The fourth-order valence-electron chi connectivity index (χ4n) is 9.69. The first-order valence-electron chi connectivity index (χ1n) is 29.4. The summed E-state index contributed by atoms with van der Waals surface area (Å²) in [6.07, 6.45) is 52.4. The first-order chi connectivity index (χ1) is 32.8. The summed E-state index contributed by atoms with van der Waals surface area (Å²) in [7, 11) is 0. The number of aliphatic hydroxyl groups excluding tert-OH is 5. The van der Waals surface area contributed by atoms with E-state index >= 15 is 0 Å². The lowest BCUT2D eigenvalue weighted by atomic mass is 9.99. The lowest BCUT2D eigenvalue weighted by Gasteiger charge is -2.40. The summed E-state index contributed by atoms with van der Waals surface area (Å²) in [6.45, 7) is 3.87. The highest BCUT2D eigenvalue weighted by molar-refractivity contribution is 5.76. The van der Waals surface area contributed by atoms with E-state index in [9.17, 15) is 30.3 Å². The molecule has 0 aromatic rings. The van der Waals surface area contributed by atoms with Crippen LogP contribution in [0.1, 0.15) is 296 Å². The predicted molar refractivity (Wildman–Crippen MR) is 281 cm³/mol. The minimum Gasteiger partial charge on any atom is -0.394 e. The number of unbranched alkanes of at least 4 members (excludes halogenated alkanes) is 39. The average Bonchev–Trinajstić information content (AvgIpc) is 3.33. The number of carbonyl (C=O) groups excluding carboxylic acids is 1. The molecule has 1 fully saturated rings. The Kier molecular flexibility index (Phi) is 46.3. The van der Waals surface area contributed by atoms with Crippen LogP contribution in [0.5, 0.6) is 0 Å². The highest BCUT2D eigenvalue weighted by Crippen LogP contribution is 2.23. The van der Waals surface area contributed by atoms with Gasteiger partial charge in [-0.2, -0.15) is 0 Å². The lowest BCUT2D eigenvalue weighted by molar-refractivity contribution is -0.302. The van der Waals surface area contributed by atoms with Gasteiger partial charge in [-0.3, -0.25) is 4.79 Å². The van der Waals surface area contributed by atoms with Crippen molar-refractivity contribution in [2.45, 2.75) is 339 Å². The van der Waals surface area contributed by atoms with E-state index < -0.39 is 49.5 Å². The van der Waals surface area contributed by atoms with Crippen molar-refractivity contribution >= 4 is 5.91 Å². The third-order valence-electron chi connectivity index (χ3n) is 14.4. The van der Waals surface area contributed by atoms with Gasteiger partial charge >= 0.3 is 0 Å². The molecular weight excluding hydrogens is 839 g/mol. The molecule has 1 rings (SSSR count). The van der Waals surface area contributed by atoms with Crippen LogP contribution in [0.15, 0.2) is 12.2 Å². The molecule has 1 heterocycles. The number of ether oxygens (including phenoxy) is 2. The van der Waals surface area contributed by atoms with Gasteiger partial charge in [-0.1, -0.05) is 264 Å². The molecule has 1 aliphatic rings. The Bertz CT molecular complexity index is 1060. The molecule has 1 aliphatic heterocycles. The molecule has 0 spiro atoms. The molecule has 0 saturated carbocycles. The average molecular weight is 953 g/mol. The Labute approximate surface area is 414 Å². The molecule has 1 saturated heterocycles. The Morgan fingerprint density at radius 2 is 0.836 bits per heavy atom. The highest BCUT2D eigenvalue weighted by atomic mass is 16.7. The maximum absolute atomic E-state index is 13.1. The summed E-state index contributed by atoms with van der Waals surface area (Å²) < 4.78 is 11.3. The summed E-state index contributed by atoms with van der Waals surface area (Å²) in [5, 5.41) is 54.7. The van der Waals surface area contributed by atoms with E-state index in [1.54, 1.807) is 0 Å². The van der Waals surface area contributed by atoms with Crippen LogP contribution in [-0.4, -0.2) is 87.5 Å². The van der Waals surface area contributed by atoms with Gasteiger partial charge in [0.05, 0.1) is 25.4 Å². The summed E-state index contributed by atoms with van der Waals surface area (Å²) in [6, 6.07) is -0.719. The van der Waals surface area contributed by atoms with Crippen LogP contribution in [-0.2, 0) is 14.3 Å². The molecule has 398 valence electrons. The van der Waals surface area contributed by atoms with Gasteiger partial charge in [-0.25, -0.2) is 0 Å². The topological polar surface area (TPSA) is 149 Å². The molecule has 0 aliphatic carbocycles. The molecule has 0 aromatic heterocycles. The third kappa shape index (κ3) is 38.3. The van der Waals surface area contributed by atoms with Crippen LogP contribution >= 0.6 is 0 Å². The third-order valence-corrected chi connectivity index (χ3v) is 14.4. The van der Waals surface area contributed by atoms with E-state index in [0.29, 0.717) is 12.8 Å². The Morgan fingerprint density at radius 1 is 0.493 bits per heavy atom. The summed E-state index contributed by atoms with van der Waals surface area (Å²) >= 11 is 0. The molecule has 6 N–H and O–H groups in total. The van der Waals surface area contributed by atoms with Crippen molar-refractivity contribution in [2.75, 3.05) is 13.2 Å². The smallest absolute Gasteiger partial charge is 0.220 e. The van der Waals surface area contributed by atoms with Gasteiger partial charge in [-0.05, 0) is 38.5 Å². The van der Waals surface area contributed by atoms with Crippen molar-refractivity contribution in [1.82, 2.24) is 5.32 Å². The van der Waals surface area contributed by atoms with Gasteiger partial charge in [-0.15, -0.1) is 0 Å². The van der Waals surface area contributed by atoms with E-state index in [1.807, 2.05) is 0 Å². The van der Waals surface area contributed by atoms with Crippen LogP contribution < -0.4 is 5.32 Å². The van der Waals surface area contributed by atoms with Crippen molar-refractivity contribution in [2.24, 2.45) is 0 Å². The zero-order valence-corrected chi connectivity index (χ0v) is 44.2. The van der Waals surface area contributed by atoms with Crippen LogP contribution in [0.25, 0.3) is 0 Å². The second kappa shape index (κ2) is 48.6. The quantitative estimate of drug-likeness (QED) is 0.0261. The first-order valence-corrected chi connectivity index (χ1v) is 29.4. The molecule has 67 heavy (non-hydrogen) atoms.